The Morgan fingerprint density at radius 2 is 2.13 bits per heavy atom. The number of esters is 1. The summed E-state index contributed by atoms with van der Waals surface area (Å²) in [5.74, 6) is -0.580. The maximum atomic E-state index is 11.5. The molecule has 0 saturated heterocycles. The topological polar surface area (TPSA) is 46.6 Å². The molecular formula is C11H19NO3. The molecule has 0 radical (unpaired) electrons. The summed E-state index contributed by atoms with van der Waals surface area (Å²) in [7, 11) is 1.35. The molecule has 4 heteroatoms. The van der Waals surface area contributed by atoms with Crippen LogP contribution in [-0.2, 0) is 14.3 Å². The average Bonchev–Trinajstić information content (AvgIpc) is 2.26. The molecule has 0 rings (SSSR count). The van der Waals surface area contributed by atoms with E-state index in [1.165, 1.54) is 7.11 Å². The highest BCUT2D eigenvalue weighted by Gasteiger charge is 2.19. The monoisotopic (exact) mass is 213 g/mol. The summed E-state index contributed by atoms with van der Waals surface area (Å²) in [6, 6.07) is 0. The Kier molecular flexibility index (Phi) is 6.42. The molecule has 0 aliphatic carbocycles. The van der Waals surface area contributed by atoms with E-state index in [0.717, 1.165) is 0 Å². The summed E-state index contributed by atoms with van der Waals surface area (Å²) in [6.07, 6.45) is 2.08. The van der Waals surface area contributed by atoms with Crippen LogP contribution in [0.3, 0.4) is 0 Å². The largest absolute Gasteiger partial charge is 0.469 e. The van der Waals surface area contributed by atoms with Crippen LogP contribution in [0.1, 0.15) is 20.3 Å². The van der Waals surface area contributed by atoms with E-state index in [1.54, 1.807) is 24.8 Å². The Bertz CT molecular complexity index is 238. The molecule has 0 saturated carbocycles. The van der Waals surface area contributed by atoms with Gasteiger partial charge in [-0.3, -0.25) is 9.59 Å². The van der Waals surface area contributed by atoms with Gasteiger partial charge in [-0.1, -0.05) is 19.9 Å². The van der Waals surface area contributed by atoms with Crippen molar-refractivity contribution in [2.45, 2.75) is 20.3 Å². The van der Waals surface area contributed by atoms with Gasteiger partial charge in [0.15, 0.2) is 0 Å². The summed E-state index contributed by atoms with van der Waals surface area (Å²) < 4.78 is 4.60. The van der Waals surface area contributed by atoms with Gasteiger partial charge in [-0.2, -0.15) is 0 Å². The first-order chi connectivity index (χ1) is 7.06. The lowest BCUT2D eigenvalue weighted by Gasteiger charge is -2.23. The molecule has 0 bridgehead atoms. The molecule has 0 heterocycles. The number of nitrogens with zero attached hydrogens (tertiary/aromatic N) is 1. The van der Waals surface area contributed by atoms with Crippen molar-refractivity contribution < 1.29 is 14.3 Å². The van der Waals surface area contributed by atoms with E-state index in [2.05, 4.69) is 11.3 Å². The Labute approximate surface area is 90.9 Å². The van der Waals surface area contributed by atoms with Crippen molar-refractivity contribution in [2.24, 2.45) is 5.92 Å². The highest BCUT2D eigenvalue weighted by Crippen LogP contribution is 2.04. The average molecular weight is 213 g/mol. The van der Waals surface area contributed by atoms with E-state index in [1.807, 2.05) is 0 Å². The van der Waals surface area contributed by atoms with Crippen molar-refractivity contribution in [3.8, 4) is 0 Å². The van der Waals surface area contributed by atoms with Crippen LogP contribution in [0.2, 0.25) is 0 Å². The summed E-state index contributed by atoms with van der Waals surface area (Å²) in [4.78, 5) is 24.3. The van der Waals surface area contributed by atoms with Crippen molar-refractivity contribution in [1.29, 1.82) is 0 Å². The van der Waals surface area contributed by atoms with Gasteiger partial charge in [0.05, 0.1) is 13.0 Å². The van der Waals surface area contributed by atoms with Crippen LogP contribution in [0.4, 0.5) is 0 Å². The van der Waals surface area contributed by atoms with Crippen LogP contribution in [0, 0.1) is 5.92 Å². The van der Waals surface area contributed by atoms with Gasteiger partial charge in [-0.15, -0.1) is 6.58 Å². The third kappa shape index (κ3) is 4.63. The zero-order valence-electron chi connectivity index (χ0n) is 9.66. The second-order valence-corrected chi connectivity index (χ2v) is 3.37. The number of amides is 1. The van der Waals surface area contributed by atoms with E-state index >= 15 is 0 Å². The number of hydrogen-bond acceptors (Lipinski definition) is 3. The number of hydrogen-bond donors (Lipinski definition) is 0. The van der Waals surface area contributed by atoms with Crippen LogP contribution in [-0.4, -0.2) is 37.0 Å². The molecule has 0 N–H and O–H groups in total. The molecule has 1 atom stereocenters. The number of methoxy groups -OCH3 is 1. The molecule has 1 unspecified atom stereocenters. The van der Waals surface area contributed by atoms with Gasteiger partial charge in [0, 0.05) is 19.5 Å². The zero-order chi connectivity index (χ0) is 11.8. The van der Waals surface area contributed by atoms with Crippen molar-refractivity contribution in [1.82, 2.24) is 4.90 Å². The molecular weight excluding hydrogens is 194 g/mol. The predicted molar refractivity (Wildman–Crippen MR) is 58.2 cm³/mol. The fourth-order valence-corrected chi connectivity index (χ4v) is 1.26. The van der Waals surface area contributed by atoms with Gasteiger partial charge in [0.2, 0.25) is 5.91 Å². The number of rotatable bonds is 6. The van der Waals surface area contributed by atoms with Crippen molar-refractivity contribution in [3.05, 3.63) is 12.7 Å². The summed E-state index contributed by atoms with van der Waals surface area (Å²) in [5.41, 5.74) is 0. The van der Waals surface area contributed by atoms with Gasteiger partial charge in [-0.25, -0.2) is 0 Å². The second-order valence-electron chi connectivity index (χ2n) is 3.37. The predicted octanol–water partition coefficient (Wildman–Crippen LogP) is 1.22. The Morgan fingerprint density at radius 3 is 2.53 bits per heavy atom. The standard InChI is InChI=1S/C11H19NO3/c1-5-7-12(10(13)6-2)8-9(3)11(14)15-4/h5,9H,1,6-8H2,2-4H3. The Hall–Kier alpha value is -1.32. The lowest BCUT2D eigenvalue weighted by molar-refractivity contribution is -0.146. The molecule has 0 spiro atoms. The van der Waals surface area contributed by atoms with Crippen molar-refractivity contribution >= 4 is 11.9 Å². The molecule has 0 fully saturated rings. The van der Waals surface area contributed by atoms with Crippen LogP contribution in [0.15, 0.2) is 12.7 Å². The minimum atomic E-state index is -0.301. The first-order valence-electron chi connectivity index (χ1n) is 5.03. The summed E-state index contributed by atoms with van der Waals surface area (Å²) >= 11 is 0. The van der Waals surface area contributed by atoms with E-state index in [4.69, 9.17) is 0 Å². The minimum Gasteiger partial charge on any atom is -0.469 e. The lowest BCUT2D eigenvalue weighted by atomic mass is 10.1. The second kappa shape index (κ2) is 7.04. The van der Waals surface area contributed by atoms with E-state index in [-0.39, 0.29) is 17.8 Å². The first kappa shape index (κ1) is 13.7. The molecule has 0 aliphatic rings. The molecule has 15 heavy (non-hydrogen) atoms. The third-order valence-corrected chi connectivity index (χ3v) is 2.10. The minimum absolute atomic E-state index is 0.0191. The third-order valence-electron chi connectivity index (χ3n) is 2.10. The smallest absolute Gasteiger partial charge is 0.310 e. The zero-order valence-corrected chi connectivity index (χ0v) is 9.66. The first-order valence-corrected chi connectivity index (χ1v) is 5.03. The molecule has 86 valence electrons. The molecule has 0 aliphatic heterocycles. The van der Waals surface area contributed by atoms with Gasteiger partial charge in [0.1, 0.15) is 0 Å². The van der Waals surface area contributed by atoms with Gasteiger partial charge >= 0.3 is 5.97 Å². The molecule has 4 nitrogen and oxygen atoms in total. The van der Waals surface area contributed by atoms with Crippen LogP contribution in [0.25, 0.3) is 0 Å². The van der Waals surface area contributed by atoms with Gasteiger partial charge < -0.3 is 9.64 Å². The maximum absolute atomic E-state index is 11.5. The van der Waals surface area contributed by atoms with Crippen molar-refractivity contribution in [3.63, 3.8) is 0 Å². The Morgan fingerprint density at radius 1 is 1.53 bits per heavy atom. The van der Waals surface area contributed by atoms with Gasteiger partial charge in [0.25, 0.3) is 0 Å². The molecule has 0 aromatic rings. The Balaban J connectivity index is 4.33. The molecule has 1 amide bonds. The maximum Gasteiger partial charge on any atom is 0.310 e. The fourth-order valence-electron chi connectivity index (χ4n) is 1.26. The van der Waals surface area contributed by atoms with E-state index < -0.39 is 0 Å². The lowest BCUT2D eigenvalue weighted by Crippen LogP contribution is -2.36. The fraction of sp³-hybridized carbons (Fsp3) is 0.636. The van der Waals surface area contributed by atoms with E-state index in [0.29, 0.717) is 19.5 Å². The number of carbonyl (C=O) groups is 2. The number of ether oxygens (including phenoxy) is 1. The summed E-state index contributed by atoms with van der Waals surface area (Å²) in [5, 5.41) is 0. The van der Waals surface area contributed by atoms with E-state index in [9.17, 15) is 9.59 Å². The van der Waals surface area contributed by atoms with Crippen LogP contribution < -0.4 is 0 Å². The summed E-state index contributed by atoms with van der Waals surface area (Å²) in [6.45, 7) is 7.96. The van der Waals surface area contributed by atoms with Crippen molar-refractivity contribution in [2.75, 3.05) is 20.2 Å². The van der Waals surface area contributed by atoms with Crippen LogP contribution >= 0.6 is 0 Å². The SMILES string of the molecule is C=CCN(CC(C)C(=O)OC)C(=O)CC. The van der Waals surface area contributed by atoms with Crippen LogP contribution in [0.5, 0.6) is 0 Å². The molecule has 0 aromatic carbocycles. The highest BCUT2D eigenvalue weighted by molar-refractivity contribution is 5.77. The van der Waals surface area contributed by atoms with Gasteiger partial charge in [-0.05, 0) is 0 Å². The highest BCUT2D eigenvalue weighted by atomic mass is 16.5. The number of carbonyl (C=O) groups excluding carboxylic acids is 2. The normalized spacial score (nSPS) is 11.7. The quantitative estimate of drug-likeness (QED) is 0.492. The molecule has 0 aromatic heterocycles.